The van der Waals surface area contributed by atoms with Gasteiger partial charge in [0.2, 0.25) is 5.91 Å². The number of aromatic nitrogens is 2. The minimum Gasteiger partial charge on any atom is -0.350 e. The topological polar surface area (TPSA) is 76.0 Å². The van der Waals surface area contributed by atoms with Gasteiger partial charge in [-0.3, -0.25) is 9.59 Å². The molecule has 1 aromatic heterocycles. The zero-order valence-electron chi connectivity index (χ0n) is 16.6. The van der Waals surface area contributed by atoms with E-state index in [-0.39, 0.29) is 12.5 Å². The second-order valence-electron chi connectivity index (χ2n) is 7.13. The van der Waals surface area contributed by atoms with Crippen molar-refractivity contribution in [2.75, 3.05) is 0 Å². The maximum Gasteiger partial charge on any atom is 0.257 e. The molecule has 0 fully saturated rings. The number of hydrogen-bond acceptors (Lipinski definition) is 3. The average molecular weight is 412 g/mol. The number of amides is 2. The Labute approximate surface area is 172 Å². The van der Waals surface area contributed by atoms with Crippen LogP contribution in [0.15, 0.2) is 60.9 Å². The van der Waals surface area contributed by atoms with Crippen LogP contribution in [0.2, 0.25) is 0 Å². The lowest BCUT2D eigenvalue weighted by Crippen LogP contribution is -2.49. The first-order chi connectivity index (χ1) is 14.4. The molecule has 156 valence electrons. The molecule has 0 saturated carbocycles. The molecule has 3 aromatic rings. The predicted molar refractivity (Wildman–Crippen MR) is 108 cm³/mol. The van der Waals surface area contributed by atoms with Crippen LogP contribution in [0.4, 0.5) is 8.78 Å². The number of rotatable bonds is 7. The number of hydrogen-bond donors (Lipinski definition) is 2. The monoisotopic (exact) mass is 412 g/mol. The van der Waals surface area contributed by atoms with Crippen molar-refractivity contribution in [3.05, 3.63) is 83.7 Å². The van der Waals surface area contributed by atoms with E-state index < -0.39 is 35.1 Å². The highest BCUT2D eigenvalue weighted by molar-refractivity contribution is 5.98. The van der Waals surface area contributed by atoms with Crippen LogP contribution in [0.5, 0.6) is 0 Å². The van der Waals surface area contributed by atoms with Crippen LogP contribution in [-0.2, 0) is 11.3 Å². The van der Waals surface area contributed by atoms with Crippen molar-refractivity contribution >= 4 is 11.8 Å². The Morgan fingerprint density at radius 1 is 1.03 bits per heavy atom. The first-order valence-electron chi connectivity index (χ1n) is 9.48. The van der Waals surface area contributed by atoms with Crippen molar-refractivity contribution in [3.8, 4) is 5.69 Å². The van der Waals surface area contributed by atoms with Crippen molar-refractivity contribution in [2.24, 2.45) is 5.92 Å². The van der Waals surface area contributed by atoms with Gasteiger partial charge in [0.1, 0.15) is 23.2 Å². The van der Waals surface area contributed by atoms with E-state index in [9.17, 15) is 18.4 Å². The van der Waals surface area contributed by atoms with Crippen LogP contribution in [0.1, 0.15) is 29.8 Å². The van der Waals surface area contributed by atoms with Crippen molar-refractivity contribution in [1.29, 1.82) is 0 Å². The Balaban J connectivity index is 1.63. The summed E-state index contributed by atoms with van der Waals surface area (Å²) in [6, 6.07) is 11.5. The third-order valence-corrected chi connectivity index (χ3v) is 4.60. The largest absolute Gasteiger partial charge is 0.350 e. The van der Waals surface area contributed by atoms with Gasteiger partial charge >= 0.3 is 0 Å². The van der Waals surface area contributed by atoms with E-state index >= 15 is 0 Å². The van der Waals surface area contributed by atoms with Crippen LogP contribution in [0.25, 0.3) is 5.69 Å². The average Bonchev–Trinajstić information content (AvgIpc) is 3.25. The lowest BCUT2D eigenvalue weighted by Gasteiger charge is -2.22. The van der Waals surface area contributed by atoms with Crippen molar-refractivity contribution < 1.29 is 18.4 Å². The fraction of sp³-hybridized carbons (Fsp3) is 0.227. The number of carbonyl (C=O) groups excluding carboxylic acids is 2. The van der Waals surface area contributed by atoms with Crippen LogP contribution < -0.4 is 10.6 Å². The molecule has 2 amide bonds. The maximum atomic E-state index is 13.8. The summed E-state index contributed by atoms with van der Waals surface area (Å²) in [6.45, 7) is 3.72. The van der Waals surface area contributed by atoms with E-state index in [1.165, 1.54) is 6.07 Å². The highest BCUT2D eigenvalue weighted by Gasteiger charge is 2.27. The summed E-state index contributed by atoms with van der Waals surface area (Å²) in [7, 11) is 0. The zero-order chi connectivity index (χ0) is 21.7. The van der Waals surface area contributed by atoms with Gasteiger partial charge in [0.15, 0.2) is 0 Å². The summed E-state index contributed by atoms with van der Waals surface area (Å²) in [5, 5.41) is 9.34. The Morgan fingerprint density at radius 3 is 2.27 bits per heavy atom. The number of carbonyl (C=O) groups is 2. The molecule has 2 N–H and O–H groups in total. The first-order valence-corrected chi connectivity index (χ1v) is 9.48. The molecule has 3 rings (SSSR count). The lowest BCUT2D eigenvalue weighted by molar-refractivity contribution is -0.124. The van der Waals surface area contributed by atoms with E-state index in [4.69, 9.17) is 0 Å². The summed E-state index contributed by atoms with van der Waals surface area (Å²) in [5.41, 5.74) is 1.03. The van der Waals surface area contributed by atoms with Crippen LogP contribution >= 0.6 is 0 Å². The quantitative estimate of drug-likeness (QED) is 0.626. The Kier molecular flexibility index (Phi) is 6.56. The number of nitrogens with zero attached hydrogens (tertiary/aromatic N) is 2. The van der Waals surface area contributed by atoms with Gasteiger partial charge < -0.3 is 10.6 Å². The molecule has 6 nitrogen and oxygen atoms in total. The van der Waals surface area contributed by atoms with Gasteiger partial charge in [-0.15, -0.1) is 0 Å². The molecule has 0 aliphatic heterocycles. The van der Waals surface area contributed by atoms with E-state index in [1.54, 1.807) is 24.7 Å². The number of halogens is 2. The molecule has 1 atom stereocenters. The van der Waals surface area contributed by atoms with E-state index in [0.29, 0.717) is 0 Å². The first kappa shape index (κ1) is 21.2. The zero-order valence-corrected chi connectivity index (χ0v) is 16.6. The van der Waals surface area contributed by atoms with Crippen molar-refractivity contribution in [2.45, 2.75) is 26.4 Å². The molecule has 0 saturated heterocycles. The SMILES string of the molecule is CC(C)C(NC(=O)c1c(F)cccc1F)C(=O)NCc1ccc(-n2cccn2)cc1. The third kappa shape index (κ3) is 4.89. The fourth-order valence-electron chi connectivity index (χ4n) is 2.95. The van der Waals surface area contributed by atoms with Crippen molar-refractivity contribution in [3.63, 3.8) is 0 Å². The third-order valence-electron chi connectivity index (χ3n) is 4.60. The molecular formula is C22H22F2N4O2. The minimum atomic E-state index is -0.979. The van der Waals surface area contributed by atoms with Crippen LogP contribution in [0.3, 0.4) is 0 Å². The van der Waals surface area contributed by atoms with Gasteiger partial charge in [0, 0.05) is 18.9 Å². The summed E-state index contributed by atoms with van der Waals surface area (Å²) in [4.78, 5) is 25.0. The van der Waals surface area contributed by atoms with Gasteiger partial charge in [-0.2, -0.15) is 5.10 Å². The van der Waals surface area contributed by atoms with Crippen LogP contribution in [0, 0.1) is 17.6 Å². The Bertz CT molecular complexity index is 998. The normalized spacial score (nSPS) is 11.9. The van der Waals surface area contributed by atoms with E-state index in [2.05, 4.69) is 15.7 Å². The molecule has 1 heterocycles. The molecule has 0 aliphatic carbocycles. The molecule has 8 heteroatoms. The smallest absolute Gasteiger partial charge is 0.257 e. The second kappa shape index (κ2) is 9.30. The summed E-state index contributed by atoms with van der Waals surface area (Å²) >= 11 is 0. The molecule has 0 spiro atoms. The summed E-state index contributed by atoms with van der Waals surface area (Å²) in [5.74, 6) is -3.65. The van der Waals surface area contributed by atoms with Gasteiger partial charge in [0.05, 0.1) is 5.69 Å². The van der Waals surface area contributed by atoms with Crippen LogP contribution in [-0.4, -0.2) is 27.6 Å². The van der Waals surface area contributed by atoms with Gasteiger partial charge in [-0.1, -0.05) is 32.0 Å². The Morgan fingerprint density at radius 2 is 1.70 bits per heavy atom. The molecule has 0 aliphatic rings. The molecule has 1 unspecified atom stereocenters. The molecule has 0 radical (unpaired) electrons. The van der Waals surface area contributed by atoms with E-state index in [1.807, 2.05) is 36.5 Å². The molecular weight excluding hydrogens is 390 g/mol. The number of nitrogens with one attached hydrogen (secondary N) is 2. The fourth-order valence-corrected chi connectivity index (χ4v) is 2.95. The van der Waals surface area contributed by atoms with E-state index in [0.717, 1.165) is 23.4 Å². The minimum absolute atomic E-state index is 0.241. The molecule has 30 heavy (non-hydrogen) atoms. The standard InChI is InChI=1S/C22H22F2N4O2/c1-14(2)20(27-21(29)19-17(23)5-3-6-18(19)24)22(30)25-13-15-7-9-16(10-8-15)28-12-4-11-26-28/h3-12,14,20H,13H2,1-2H3,(H,25,30)(H,27,29). The second-order valence-corrected chi connectivity index (χ2v) is 7.13. The van der Waals surface area contributed by atoms with Gasteiger partial charge in [-0.25, -0.2) is 13.5 Å². The van der Waals surface area contributed by atoms with Gasteiger partial charge in [0.25, 0.3) is 5.91 Å². The van der Waals surface area contributed by atoms with Gasteiger partial charge in [-0.05, 0) is 41.8 Å². The molecule has 0 bridgehead atoms. The molecule has 2 aromatic carbocycles. The summed E-state index contributed by atoms with van der Waals surface area (Å²) < 4.78 is 29.4. The highest BCUT2D eigenvalue weighted by Crippen LogP contribution is 2.14. The van der Waals surface area contributed by atoms with Crippen molar-refractivity contribution in [1.82, 2.24) is 20.4 Å². The Hall–Kier alpha value is -3.55. The highest BCUT2D eigenvalue weighted by atomic mass is 19.1. The predicted octanol–water partition coefficient (Wildman–Crippen LogP) is 3.22. The maximum absolute atomic E-state index is 13.8. The number of benzene rings is 2. The summed E-state index contributed by atoms with van der Waals surface area (Å²) in [6.07, 6.45) is 3.51. The lowest BCUT2D eigenvalue weighted by atomic mass is 10.0.